The first-order chi connectivity index (χ1) is 13.1. The molecule has 1 saturated heterocycles. The van der Waals surface area contributed by atoms with Crippen LogP contribution in [-0.2, 0) is 23.3 Å². The molecule has 1 amide bonds. The summed E-state index contributed by atoms with van der Waals surface area (Å²) in [5.74, 6) is 0.0559. The average Bonchev–Trinajstić information content (AvgIpc) is 3.08. The van der Waals surface area contributed by atoms with Crippen LogP contribution in [0.2, 0.25) is 10.0 Å². The topological polar surface area (TPSA) is 44.4 Å². The van der Waals surface area contributed by atoms with Gasteiger partial charge in [0.1, 0.15) is 5.54 Å². The first-order valence-corrected chi connectivity index (χ1v) is 10.1. The lowest BCUT2D eigenvalue weighted by atomic mass is 9.87. The Morgan fingerprint density at radius 1 is 1.15 bits per heavy atom. The van der Waals surface area contributed by atoms with Crippen molar-refractivity contribution in [3.63, 3.8) is 0 Å². The van der Waals surface area contributed by atoms with Gasteiger partial charge < -0.3 is 10.6 Å². The van der Waals surface area contributed by atoms with Crippen LogP contribution in [0, 0.1) is 0 Å². The maximum Gasteiger partial charge on any atom is 0.245 e. The van der Waals surface area contributed by atoms with E-state index in [1.165, 1.54) is 5.56 Å². The lowest BCUT2D eigenvalue weighted by Crippen LogP contribution is -2.60. The Morgan fingerprint density at radius 2 is 1.93 bits per heavy atom. The molecule has 1 heterocycles. The highest BCUT2D eigenvalue weighted by Crippen LogP contribution is 2.42. The molecule has 142 valence electrons. The minimum atomic E-state index is -0.600. The highest BCUT2D eigenvalue weighted by Gasteiger charge is 2.49. The van der Waals surface area contributed by atoms with Crippen LogP contribution in [-0.4, -0.2) is 37.0 Å². The lowest BCUT2D eigenvalue weighted by Gasteiger charge is -2.43. The zero-order valence-electron chi connectivity index (χ0n) is 15.1. The van der Waals surface area contributed by atoms with Gasteiger partial charge in [-0.25, -0.2) is 0 Å². The van der Waals surface area contributed by atoms with Crippen molar-refractivity contribution >= 4 is 29.1 Å². The molecule has 27 heavy (non-hydrogen) atoms. The molecule has 2 aromatic rings. The van der Waals surface area contributed by atoms with Crippen molar-refractivity contribution in [1.82, 2.24) is 15.5 Å². The Hall–Kier alpha value is -1.59. The standard InChI is InChI=1S/C21H23Cl2N3O/c22-17-6-5-16(19(23)13-17)14-25-20(27)21(26-11-9-24-10-12-26)8-7-15-3-1-2-4-18(15)21/h1-6,13,24H,7-12,14H2,(H,25,27). The van der Waals surface area contributed by atoms with Gasteiger partial charge in [0, 0.05) is 42.8 Å². The van der Waals surface area contributed by atoms with Crippen molar-refractivity contribution in [2.24, 2.45) is 0 Å². The second-order valence-corrected chi connectivity index (χ2v) is 8.02. The van der Waals surface area contributed by atoms with Gasteiger partial charge in [-0.1, -0.05) is 53.5 Å². The van der Waals surface area contributed by atoms with Gasteiger partial charge in [-0.15, -0.1) is 0 Å². The third-order valence-electron chi connectivity index (χ3n) is 5.71. The number of piperazine rings is 1. The minimum Gasteiger partial charge on any atom is -0.350 e. The summed E-state index contributed by atoms with van der Waals surface area (Å²) in [5, 5.41) is 7.71. The van der Waals surface area contributed by atoms with Crippen LogP contribution < -0.4 is 10.6 Å². The summed E-state index contributed by atoms with van der Waals surface area (Å²) in [5.41, 5.74) is 2.69. The largest absolute Gasteiger partial charge is 0.350 e. The molecule has 1 aliphatic heterocycles. The quantitative estimate of drug-likeness (QED) is 0.822. The van der Waals surface area contributed by atoms with Crippen LogP contribution in [0.5, 0.6) is 0 Å². The number of amides is 1. The summed E-state index contributed by atoms with van der Waals surface area (Å²) in [7, 11) is 0. The Balaban J connectivity index is 1.62. The molecule has 0 spiro atoms. The zero-order chi connectivity index (χ0) is 18.9. The van der Waals surface area contributed by atoms with Gasteiger partial charge in [0.25, 0.3) is 0 Å². The highest BCUT2D eigenvalue weighted by atomic mass is 35.5. The summed E-state index contributed by atoms with van der Waals surface area (Å²) in [4.78, 5) is 15.9. The SMILES string of the molecule is O=C(NCc1ccc(Cl)cc1Cl)C1(N2CCNCC2)CCc2ccccc21. The number of rotatable bonds is 4. The van der Waals surface area contributed by atoms with E-state index in [2.05, 4.69) is 33.7 Å². The zero-order valence-corrected chi connectivity index (χ0v) is 16.6. The van der Waals surface area contributed by atoms with E-state index in [1.54, 1.807) is 12.1 Å². The van der Waals surface area contributed by atoms with Gasteiger partial charge in [-0.2, -0.15) is 0 Å². The normalized spacial score (nSPS) is 22.4. The van der Waals surface area contributed by atoms with Gasteiger partial charge in [0.2, 0.25) is 5.91 Å². The summed E-state index contributed by atoms with van der Waals surface area (Å²) in [6.07, 6.45) is 1.74. The van der Waals surface area contributed by atoms with Gasteiger partial charge in [0.15, 0.2) is 0 Å². The summed E-state index contributed by atoms with van der Waals surface area (Å²) in [6, 6.07) is 13.7. The minimum absolute atomic E-state index is 0.0559. The number of carbonyl (C=O) groups excluding carboxylic acids is 1. The molecular formula is C21H23Cl2N3O. The van der Waals surface area contributed by atoms with Crippen LogP contribution in [0.15, 0.2) is 42.5 Å². The average molecular weight is 404 g/mol. The Kier molecular flexibility index (Phi) is 5.42. The number of hydrogen-bond donors (Lipinski definition) is 2. The fraction of sp³-hybridized carbons (Fsp3) is 0.381. The number of halogens is 2. The smallest absolute Gasteiger partial charge is 0.245 e. The lowest BCUT2D eigenvalue weighted by molar-refractivity contribution is -0.135. The van der Waals surface area contributed by atoms with Crippen LogP contribution in [0.1, 0.15) is 23.1 Å². The monoisotopic (exact) mass is 403 g/mol. The molecule has 1 unspecified atom stereocenters. The van der Waals surface area contributed by atoms with Crippen molar-refractivity contribution in [1.29, 1.82) is 0 Å². The molecule has 6 heteroatoms. The summed E-state index contributed by atoms with van der Waals surface area (Å²) in [6.45, 7) is 3.93. The van der Waals surface area contributed by atoms with E-state index >= 15 is 0 Å². The van der Waals surface area contributed by atoms with Crippen molar-refractivity contribution in [3.05, 3.63) is 69.2 Å². The van der Waals surface area contributed by atoms with Gasteiger partial charge in [0.05, 0.1) is 0 Å². The highest BCUT2D eigenvalue weighted by molar-refractivity contribution is 6.35. The molecule has 2 N–H and O–H groups in total. The molecule has 0 aromatic heterocycles. The van der Waals surface area contributed by atoms with E-state index in [-0.39, 0.29) is 5.91 Å². The van der Waals surface area contributed by atoms with E-state index < -0.39 is 5.54 Å². The molecule has 0 bridgehead atoms. The Morgan fingerprint density at radius 3 is 2.70 bits per heavy atom. The van der Waals surface area contributed by atoms with Gasteiger partial charge in [-0.05, 0) is 41.7 Å². The number of benzene rings is 2. The Labute approximate surface area is 169 Å². The van der Waals surface area contributed by atoms with Crippen LogP contribution in [0.25, 0.3) is 0 Å². The van der Waals surface area contributed by atoms with Crippen molar-refractivity contribution in [2.75, 3.05) is 26.2 Å². The number of nitrogens with one attached hydrogen (secondary N) is 2. The summed E-state index contributed by atoms with van der Waals surface area (Å²) >= 11 is 12.3. The molecule has 1 atom stereocenters. The number of carbonyl (C=O) groups is 1. The molecule has 0 saturated carbocycles. The molecule has 1 aliphatic carbocycles. The first kappa shape index (κ1) is 18.8. The maximum atomic E-state index is 13.5. The molecule has 4 rings (SSSR count). The van der Waals surface area contributed by atoms with Crippen molar-refractivity contribution in [2.45, 2.75) is 24.9 Å². The fourth-order valence-electron chi connectivity index (χ4n) is 4.33. The first-order valence-electron chi connectivity index (χ1n) is 9.37. The number of nitrogens with zero attached hydrogens (tertiary/aromatic N) is 1. The van der Waals surface area contributed by atoms with Crippen LogP contribution in [0.4, 0.5) is 0 Å². The van der Waals surface area contributed by atoms with E-state index in [0.29, 0.717) is 16.6 Å². The molecule has 1 fully saturated rings. The third kappa shape index (κ3) is 3.47. The van der Waals surface area contributed by atoms with Gasteiger partial charge in [-0.3, -0.25) is 9.69 Å². The Bertz CT molecular complexity index is 851. The summed E-state index contributed by atoms with van der Waals surface area (Å²) < 4.78 is 0. The second-order valence-electron chi connectivity index (χ2n) is 7.17. The number of hydrogen-bond acceptors (Lipinski definition) is 3. The molecule has 0 radical (unpaired) electrons. The molecular weight excluding hydrogens is 381 g/mol. The third-order valence-corrected chi connectivity index (χ3v) is 6.29. The van der Waals surface area contributed by atoms with E-state index in [9.17, 15) is 4.79 Å². The van der Waals surface area contributed by atoms with Crippen molar-refractivity contribution < 1.29 is 4.79 Å². The van der Waals surface area contributed by atoms with Gasteiger partial charge >= 0.3 is 0 Å². The van der Waals surface area contributed by atoms with E-state index in [0.717, 1.165) is 50.1 Å². The number of aryl methyl sites for hydroxylation is 1. The maximum absolute atomic E-state index is 13.5. The molecule has 2 aromatic carbocycles. The predicted octanol–water partition coefficient (Wildman–Crippen LogP) is 3.36. The van der Waals surface area contributed by atoms with Crippen LogP contribution in [0.3, 0.4) is 0 Å². The molecule has 2 aliphatic rings. The molecule has 4 nitrogen and oxygen atoms in total. The van der Waals surface area contributed by atoms with E-state index in [1.807, 2.05) is 12.1 Å². The predicted molar refractivity (Wildman–Crippen MR) is 109 cm³/mol. The fourth-order valence-corrected chi connectivity index (χ4v) is 4.81. The second kappa shape index (κ2) is 7.80. The number of fused-ring (bicyclic) bond motifs is 1. The van der Waals surface area contributed by atoms with Crippen molar-refractivity contribution in [3.8, 4) is 0 Å². The van der Waals surface area contributed by atoms with Crippen LogP contribution >= 0.6 is 23.2 Å². The van der Waals surface area contributed by atoms with E-state index in [4.69, 9.17) is 23.2 Å².